The number of H-pyrrole nitrogens is 1. The first-order valence-electron chi connectivity index (χ1n) is 11.9. The van der Waals surface area contributed by atoms with Gasteiger partial charge in [-0.15, -0.1) is 0 Å². The van der Waals surface area contributed by atoms with Gasteiger partial charge in [-0.3, -0.25) is 14.5 Å². The summed E-state index contributed by atoms with van der Waals surface area (Å²) in [6.07, 6.45) is 10.2. The molecule has 1 aromatic heterocycles. The van der Waals surface area contributed by atoms with Crippen LogP contribution < -0.4 is 5.56 Å². The standard InChI is InChI=1S/C25H30N4O2/c30-23(14-21-19-7-1-2-8-20(19)25(31)27-26-21)29-11-5-6-16-12-17-13-18(24(16)29)15-28-10-4-3-9-22(17)28/h1-2,7-8,12,17-18,22,24H,3-6,9-11,13-15H2,(H,27,31)/t17-,18+,22-,24-/m0/s1. The fourth-order valence-electron chi connectivity index (χ4n) is 6.80. The molecule has 3 saturated heterocycles. The molecule has 1 N–H and O–H groups in total. The van der Waals surface area contributed by atoms with Gasteiger partial charge in [0.15, 0.2) is 0 Å². The molecule has 6 heteroatoms. The molecule has 31 heavy (non-hydrogen) atoms. The summed E-state index contributed by atoms with van der Waals surface area (Å²) >= 11 is 0. The van der Waals surface area contributed by atoms with Gasteiger partial charge in [-0.2, -0.15) is 5.10 Å². The molecule has 162 valence electrons. The number of aromatic nitrogens is 2. The molecule has 0 radical (unpaired) electrons. The van der Waals surface area contributed by atoms with Gasteiger partial charge < -0.3 is 4.90 Å². The van der Waals surface area contributed by atoms with Crippen LogP contribution in [0.4, 0.5) is 0 Å². The van der Waals surface area contributed by atoms with E-state index < -0.39 is 0 Å². The van der Waals surface area contributed by atoms with E-state index in [1.165, 1.54) is 37.8 Å². The Balaban J connectivity index is 1.29. The summed E-state index contributed by atoms with van der Waals surface area (Å²) in [5.41, 5.74) is 1.97. The van der Waals surface area contributed by atoms with Crippen LogP contribution in [0.25, 0.3) is 10.8 Å². The first-order valence-corrected chi connectivity index (χ1v) is 11.9. The Bertz CT molecular complexity index is 1110. The summed E-state index contributed by atoms with van der Waals surface area (Å²) < 4.78 is 0. The normalized spacial score (nSPS) is 30.5. The van der Waals surface area contributed by atoms with E-state index in [0.29, 0.717) is 22.9 Å². The Morgan fingerprint density at radius 2 is 2.00 bits per heavy atom. The van der Waals surface area contributed by atoms with Crippen molar-refractivity contribution >= 4 is 16.7 Å². The molecular formula is C25H30N4O2. The minimum absolute atomic E-state index is 0.138. The maximum atomic E-state index is 13.5. The smallest absolute Gasteiger partial charge is 0.272 e. The van der Waals surface area contributed by atoms with Crippen molar-refractivity contribution in [3.63, 3.8) is 0 Å². The summed E-state index contributed by atoms with van der Waals surface area (Å²) in [7, 11) is 0. The molecule has 4 atom stereocenters. The molecule has 2 bridgehead atoms. The molecule has 0 spiro atoms. The average molecular weight is 419 g/mol. The van der Waals surface area contributed by atoms with Crippen molar-refractivity contribution in [1.82, 2.24) is 20.0 Å². The highest BCUT2D eigenvalue weighted by molar-refractivity contribution is 5.88. The van der Waals surface area contributed by atoms with Crippen LogP contribution in [0.3, 0.4) is 0 Å². The van der Waals surface area contributed by atoms with Crippen molar-refractivity contribution < 1.29 is 4.79 Å². The number of piperidine rings is 3. The van der Waals surface area contributed by atoms with Crippen molar-refractivity contribution in [1.29, 1.82) is 0 Å². The van der Waals surface area contributed by atoms with Gasteiger partial charge in [0.05, 0.1) is 23.5 Å². The van der Waals surface area contributed by atoms with Crippen LogP contribution in [-0.4, -0.2) is 57.6 Å². The van der Waals surface area contributed by atoms with E-state index in [4.69, 9.17) is 0 Å². The minimum Gasteiger partial charge on any atom is -0.335 e. The number of carbonyl (C=O) groups excluding carboxylic acids is 1. The molecule has 0 unspecified atom stereocenters. The molecular weight excluding hydrogens is 388 g/mol. The average Bonchev–Trinajstić information content (AvgIpc) is 2.81. The van der Waals surface area contributed by atoms with Crippen molar-refractivity contribution in [3.8, 4) is 0 Å². The number of hydrogen-bond donors (Lipinski definition) is 1. The monoisotopic (exact) mass is 418 g/mol. The fourth-order valence-corrected chi connectivity index (χ4v) is 6.80. The summed E-state index contributed by atoms with van der Waals surface area (Å²) in [5.74, 6) is 1.36. The molecule has 6 nitrogen and oxygen atoms in total. The molecule has 3 fully saturated rings. The van der Waals surface area contributed by atoms with E-state index in [1.54, 1.807) is 6.07 Å². The Morgan fingerprint density at radius 3 is 2.90 bits per heavy atom. The Labute approximate surface area is 182 Å². The van der Waals surface area contributed by atoms with Gasteiger partial charge in [-0.1, -0.05) is 36.3 Å². The molecule has 1 aliphatic carbocycles. The maximum absolute atomic E-state index is 13.5. The van der Waals surface area contributed by atoms with Gasteiger partial charge in [0.2, 0.25) is 5.91 Å². The van der Waals surface area contributed by atoms with Crippen molar-refractivity contribution in [3.05, 3.63) is 52.0 Å². The maximum Gasteiger partial charge on any atom is 0.272 e. The molecule has 4 heterocycles. The second-order valence-electron chi connectivity index (χ2n) is 9.82. The number of likely N-dealkylation sites (tertiary alicyclic amines) is 1. The van der Waals surface area contributed by atoms with Crippen LogP contribution >= 0.6 is 0 Å². The number of rotatable bonds is 2. The predicted molar refractivity (Wildman–Crippen MR) is 120 cm³/mol. The van der Waals surface area contributed by atoms with Crippen LogP contribution in [0.15, 0.2) is 40.7 Å². The second-order valence-corrected chi connectivity index (χ2v) is 9.82. The van der Waals surface area contributed by atoms with Gasteiger partial charge in [-0.05, 0) is 56.6 Å². The zero-order valence-electron chi connectivity index (χ0n) is 17.9. The predicted octanol–water partition coefficient (Wildman–Crippen LogP) is 2.89. The molecule has 2 aromatic rings. The molecule has 4 aliphatic rings. The first kappa shape index (κ1) is 19.2. The van der Waals surface area contributed by atoms with Gasteiger partial charge >= 0.3 is 0 Å². The van der Waals surface area contributed by atoms with Gasteiger partial charge in [-0.25, -0.2) is 5.10 Å². The highest BCUT2D eigenvalue weighted by Gasteiger charge is 2.46. The van der Waals surface area contributed by atoms with Crippen LogP contribution in [0, 0.1) is 11.8 Å². The number of nitrogens with zero attached hydrogens (tertiary/aromatic N) is 3. The van der Waals surface area contributed by atoms with E-state index in [1.807, 2.05) is 18.2 Å². The third-order valence-corrected chi connectivity index (χ3v) is 8.07. The first-order chi connectivity index (χ1) is 15.2. The number of hydrogen-bond acceptors (Lipinski definition) is 4. The minimum atomic E-state index is -0.202. The zero-order chi connectivity index (χ0) is 20.9. The van der Waals surface area contributed by atoms with Crippen molar-refractivity contribution in [2.45, 2.75) is 57.0 Å². The van der Waals surface area contributed by atoms with Gasteiger partial charge in [0.1, 0.15) is 0 Å². The molecule has 1 amide bonds. The zero-order valence-corrected chi connectivity index (χ0v) is 17.9. The SMILES string of the molecule is O=C(Cc1n[nH]c(=O)c2ccccc12)N1CCCC2=C[C@H]3C[C@H](CN4CCCC[C@@H]34)[C@H]21. The Hall–Kier alpha value is -2.47. The van der Waals surface area contributed by atoms with Crippen LogP contribution in [0.2, 0.25) is 0 Å². The van der Waals surface area contributed by atoms with Crippen LogP contribution in [0.5, 0.6) is 0 Å². The Kier molecular flexibility index (Phi) is 4.71. The lowest BCUT2D eigenvalue weighted by atomic mass is 9.68. The number of amides is 1. The van der Waals surface area contributed by atoms with E-state index in [2.05, 4.69) is 26.1 Å². The van der Waals surface area contributed by atoms with E-state index in [9.17, 15) is 9.59 Å². The van der Waals surface area contributed by atoms with Crippen LogP contribution in [0.1, 0.15) is 44.2 Å². The molecule has 3 aliphatic heterocycles. The third kappa shape index (κ3) is 3.23. The summed E-state index contributed by atoms with van der Waals surface area (Å²) in [6.45, 7) is 3.17. The van der Waals surface area contributed by atoms with E-state index >= 15 is 0 Å². The molecule has 1 aromatic carbocycles. The highest BCUT2D eigenvalue weighted by atomic mass is 16.2. The van der Waals surface area contributed by atoms with Gasteiger partial charge in [0.25, 0.3) is 5.56 Å². The van der Waals surface area contributed by atoms with Crippen molar-refractivity contribution in [2.75, 3.05) is 19.6 Å². The quantitative estimate of drug-likeness (QED) is 0.762. The van der Waals surface area contributed by atoms with Crippen molar-refractivity contribution in [2.24, 2.45) is 11.8 Å². The summed E-state index contributed by atoms with van der Waals surface area (Å²) in [6, 6.07) is 8.40. The summed E-state index contributed by atoms with van der Waals surface area (Å²) in [4.78, 5) is 30.5. The second kappa shape index (κ2) is 7.59. The number of fused-ring (bicyclic) bond motifs is 7. The number of benzene rings is 1. The lowest BCUT2D eigenvalue weighted by Crippen LogP contribution is -2.60. The van der Waals surface area contributed by atoms with E-state index in [-0.39, 0.29) is 23.9 Å². The largest absolute Gasteiger partial charge is 0.335 e. The number of carbonyl (C=O) groups is 1. The lowest BCUT2D eigenvalue weighted by molar-refractivity contribution is -0.135. The van der Waals surface area contributed by atoms with E-state index in [0.717, 1.165) is 37.4 Å². The molecule has 0 saturated carbocycles. The van der Waals surface area contributed by atoms with Gasteiger partial charge in [0, 0.05) is 24.5 Å². The van der Waals surface area contributed by atoms with Crippen LogP contribution in [-0.2, 0) is 11.2 Å². The third-order valence-electron chi connectivity index (χ3n) is 8.07. The lowest BCUT2D eigenvalue weighted by Gasteiger charge is -2.54. The summed E-state index contributed by atoms with van der Waals surface area (Å²) in [5, 5.41) is 8.22. The molecule has 6 rings (SSSR count). The number of nitrogens with one attached hydrogen (secondary N) is 1. The fraction of sp³-hybridized carbons (Fsp3) is 0.560. The Morgan fingerprint density at radius 1 is 1.13 bits per heavy atom. The topological polar surface area (TPSA) is 69.3 Å². The highest BCUT2D eigenvalue weighted by Crippen LogP contribution is 2.45. The number of aromatic amines is 1.